The van der Waals surface area contributed by atoms with Crippen molar-refractivity contribution in [2.24, 2.45) is 5.73 Å². The molecule has 0 unspecified atom stereocenters. The van der Waals surface area contributed by atoms with Gasteiger partial charge in [-0.15, -0.1) is 0 Å². The summed E-state index contributed by atoms with van der Waals surface area (Å²) in [6, 6.07) is 10.2. The van der Waals surface area contributed by atoms with E-state index >= 15 is 0 Å². The van der Waals surface area contributed by atoms with Crippen LogP contribution in [-0.4, -0.2) is 18.9 Å². The van der Waals surface area contributed by atoms with Crippen LogP contribution in [0.3, 0.4) is 0 Å². The summed E-state index contributed by atoms with van der Waals surface area (Å²) in [5.74, 6) is -0.359. The fraction of sp³-hybridized carbons (Fsp3) is 0.118. The second-order valence-corrected chi connectivity index (χ2v) is 7.29. The quantitative estimate of drug-likeness (QED) is 0.750. The molecular formula is C17H17Cl2NO4S. The lowest BCUT2D eigenvalue weighted by Gasteiger charge is -2.01. The van der Waals surface area contributed by atoms with E-state index in [-0.39, 0.29) is 5.91 Å². The van der Waals surface area contributed by atoms with Crippen molar-refractivity contribution in [1.29, 1.82) is 0 Å². The molecule has 3 N–H and O–H groups in total. The highest BCUT2D eigenvalue weighted by molar-refractivity contribution is 7.88. The Kier molecular flexibility index (Phi) is 7.63. The maximum Gasteiger partial charge on any atom is 0.287 e. The number of hydrogen-bond acceptors (Lipinski definition) is 3. The minimum absolute atomic E-state index is 0.323. The summed E-state index contributed by atoms with van der Waals surface area (Å²) >= 11 is 11.3. The van der Waals surface area contributed by atoms with Crippen LogP contribution in [0.25, 0.3) is 6.08 Å². The number of benzene rings is 2. The van der Waals surface area contributed by atoms with E-state index in [0.717, 1.165) is 11.1 Å². The summed E-state index contributed by atoms with van der Waals surface area (Å²) in [6.45, 7) is 3.87. The molecule has 0 fully saturated rings. The number of carbonyl (C=O) groups is 1. The SMILES string of the molecule is Cc1ccc(C(N)=O)c(C)c1.O=S(=O)(O)/C=C/c1ccc(Cl)c(Cl)c1. The smallest absolute Gasteiger partial charge is 0.287 e. The van der Waals surface area contributed by atoms with Crippen LogP contribution in [-0.2, 0) is 10.1 Å². The largest absolute Gasteiger partial charge is 0.366 e. The molecule has 2 aromatic carbocycles. The molecule has 25 heavy (non-hydrogen) atoms. The van der Waals surface area contributed by atoms with Crippen molar-refractivity contribution in [3.05, 3.63) is 74.1 Å². The maximum absolute atomic E-state index is 10.8. The second kappa shape index (κ2) is 9.01. The zero-order valence-corrected chi connectivity index (χ0v) is 15.9. The fourth-order valence-electron chi connectivity index (χ4n) is 1.87. The van der Waals surface area contributed by atoms with E-state index in [9.17, 15) is 13.2 Å². The Bertz CT molecular complexity index is 909. The topological polar surface area (TPSA) is 97.5 Å². The first-order valence-electron chi connectivity index (χ1n) is 6.97. The van der Waals surface area contributed by atoms with Crippen LogP contribution in [0.15, 0.2) is 41.8 Å². The van der Waals surface area contributed by atoms with Gasteiger partial charge in [0.1, 0.15) is 0 Å². The van der Waals surface area contributed by atoms with Crippen molar-refractivity contribution in [2.45, 2.75) is 13.8 Å². The van der Waals surface area contributed by atoms with Crippen LogP contribution in [0.1, 0.15) is 27.0 Å². The summed E-state index contributed by atoms with van der Waals surface area (Å²) in [7, 11) is -4.10. The van der Waals surface area contributed by atoms with Crippen LogP contribution in [0.4, 0.5) is 0 Å². The van der Waals surface area contributed by atoms with E-state index in [1.165, 1.54) is 18.2 Å². The number of nitrogens with two attached hydrogens (primary N) is 1. The normalized spacial score (nSPS) is 11.1. The fourth-order valence-corrected chi connectivity index (χ4v) is 2.51. The van der Waals surface area contributed by atoms with Gasteiger partial charge in [0.05, 0.1) is 15.5 Å². The minimum atomic E-state index is -4.10. The molecule has 0 radical (unpaired) electrons. The molecule has 0 aliphatic carbocycles. The van der Waals surface area contributed by atoms with E-state index in [1.54, 1.807) is 12.1 Å². The highest BCUT2D eigenvalue weighted by Gasteiger charge is 2.02. The molecule has 0 aliphatic heterocycles. The summed E-state index contributed by atoms with van der Waals surface area (Å²) < 4.78 is 29.2. The highest BCUT2D eigenvalue weighted by Crippen LogP contribution is 2.23. The molecule has 0 heterocycles. The van der Waals surface area contributed by atoms with Crippen LogP contribution in [0.2, 0.25) is 10.0 Å². The van der Waals surface area contributed by atoms with Gasteiger partial charge < -0.3 is 5.73 Å². The highest BCUT2D eigenvalue weighted by atomic mass is 35.5. The van der Waals surface area contributed by atoms with Crippen LogP contribution in [0.5, 0.6) is 0 Å². The third kappa shape index (κ3) is 7.70. The van der Waals surface area contributed by atoms with E-state index in [2.05, 4.69) is 0 Å². The lowest BCUT2D eigenvalue weighted by Crippen LogP contribution is -2.12. The molecule has 2 rings (SSSR count). The summed E-state index contributed by atoms with van der Waals surface area (Å²) in [5.41, 5.74) is 8.36. The van der Waals surface area contributed by atoms with Gasteiger partial charge >= 0.3 is 0 Å². The van der Waals surface area contributed by atoms with Crippen molar-refractivity contribution >= 4 is 45.3 Å². The molecular weight excluding hydrogens is 385 g/mol. The summed E-state index contributed by atoms with van der Waals surface area (Å²) in [6.07, 6.45) is 1.22. The van der Waals surface area contributed by atoms with Crippen molar-refractivity contribution in [1.82, 2.24) is 0 Å². The molecule has 0 saturated carbocycles. The molecule has 0 saturated heterocycles. The number of hydrogen-bond donors (Lipinski definition) is 2. The van der Waals surface area contributed by atoms with Crippen LogP contribution in [0, 0.1) is 13.8 Å². The molecule has 134 valence electrons. The van der Waals surface area contributed by atoms with Crippen molar-refractivity contribution in [3.63, 3.8) is 0 Å². The molecule has 1 amide bonds. The Hall–Kier alpha value is -1.86. The molecule has 0 spiro atoms. The third-order valence-electron chi connectivity index (χ3n) is 3.02. The van der Waals surface area contributed by atoms with Gasteiger partial charge in [0, 0.05) is 5.56 Å². The van der Waals surface area contributed by atoms with E-state index in [1.807, 2.05) is 26.0 Å². The summed E-state index contributed by atoms with van der Waals surface area (Å²) in [4.78, 5) is 10.8. The van der Waals surface area contributed by atoms with Gasteiger partial charge in [0.2, 0.25) is 5.91 Å². The minimum Gasteiger partial charge on any atom is -0.366 e. The number of amides is 1. The van der Waals surface area contributed by atoms with E-state index < -0.39 is 10.1 Å². The Morgan fingerprint density at radius 3 is 2.20 bits per heavy atom. The number of primary amides is 1. The summed E-state index contributed by atoms with van der Waals surface area (Å²) in [5, 5.41) is 1.38. The Morgan fingerprint density at radius 2 is 1.72 bits per heavy atom. The lowest BCUT2D eigenvalue weighted by molar-refractivity contribution is 0.0999. The van der Waals surface area contributed by atoms with Gasteiger partial charge in [-0.05, 0) is 49.2 Å². The molecule has 0 aromatic heterocycles. The number of carbonyl (C=O) groups excluding carboxylic acids is 1. The predicted molar refractivity (Wildman–Crippen MR) is 101 cm³/mol. The molecule has 8 heteroatoms. The Balaban J connectivity index is 0.000000257. The first kappa shape index (κ1) is 21.2. The predicted octanol–water partition coefficient (Wildman–Crippen LogP) is 4.25. The lowest BCUT2D eigenvalue weighted by atomic mass is 10.1. The zero-order valence-electron chi connectivity index (χ0n) is 13.5. The van der Waals surface area contributed by atoms with Gasteiger partial charge in [0.25, 0.3) is 10.1 Å². The van der Waals surface area contributed by atoms with Crippen LogP contribution >= 0.6 is 23.2 Å². The maximum atomic E-state index is 10.8. The van der Waals surface area contributed by atoms with Crippen molar-refractivity contribution in [2.75, 3.05) is 0 Å². The average Bonchev–Trinajstić information content (AvgIpc) is 2.48. The number of halogens is 2. The van der Waals surface area contributed by atoms with E-state index in [0.29, 0.717) is 26.6 Å². The monoisotopic (exact) mass is 401 g/mol. The van der Waals surface area contributed by atoms with E-state index in [4.69, 9.17) is 33.5 Å². The number of aryl methyl sites for hydroxylation is 2. The zero-order chi connectivity index (χ0) is 19.2. The standard InChI is InChI=1S/C9H11NO.C8H6Cl2O3S/c1-6-3-4-8(9(10)11)7(2)5-6;9-7-2-1-6(5-8(7)10)3-4-14(11,12)13/h3-5H,1-2H3,(H2,10,11);1-5H,(H,11,12,13)/b;4-3+. The average molecular weight is 402 g/mol. The van der Waals surface area contributed by atoms with Gasteiger partial charge in [-0.3, -0.25) is 9.35 Å². The Labute approximate surface area is 156 Å². The molecule has 0 atom stereocenters. The first-order chi connectivity index (χ1) is 11.5. The second-order valence-electron chi connectivity index (χ2n) is 5.17. The Morgan fingerprint density at radius 1 is 1.08 bits per heavy atom. The van der Waals surface area contributed by atoms with Crippen molar-refractivity contribution in [3.8, 4) is 0 Å². The first-order valence-corrected chi connectivity index (χ1v) is 9.23. The van der Waals surface area contributed by atoms with Gasteiger partial charge in [-0.1, -0.05) is 47.0 Å². The third-order valence-corrected chi connectivity index (χ3v) is 4.24. The van der Waals surface area contributed by atoms with Crippen molar-refractivity contribution < 1.29 is 17.8 Å². The molecule has 2 aromatic rings. The van der Waals surface area contributed by atoms with Gasteiger partial charge in [0.15, 0.2) is 0 Å². The number of rotatable bonds is 3. The molecule has 5 nitrogen and oxygen atoms in total. The molecule has 0 aliphatic rings. The van der Waals surface area contributed by atoms with Gasteiger partial charge in [-0.2, -0.15) is 8.42 Å². The molecule has 0 bridgehead atoms. The van der Waals surface area contributed by atoms with Crippen LogP contribution < -0.4 is 5.73 Å². The van der Waals surface area contributed by atoms with Gasteiger partial charge in [-0.25, -0.2) is 0 Å².